The van der Waals surface area contributed by atoms with Crippen molar-refractivity contribution < 1.29 is 13.2 Å². The van der Waals surface area contributed by atoms with E-state index >= 15 is 0 Å². The van der Waals surface area contributed by atoms with Gasteiger partial charge in [0.25, 0.3) is 10.0 Å². The van der Waals surface area contributed by atoms with Crippen LogP contribution in [0.25, 0.3) is 10.1 Å². The van der Waals surface area contributed by atoms with Gasteiger partial charge in [-0.1, -0.05) is 17.7 Å². The minimum absolute atomic E-state index is 0.197. The molecule has 1 aliphatic heterocycles. The molecule has 0 saturated carbocycles. The highest BCUT2D eigenvalue weighted by atomic mass is 35.5. The first-order chi connectivity index (χ1) is 14.3. The molecule has 0 spiro atoms. The molecule has 0 radical (unpaired) electrons. The topological polar surface area (TPSA) is 91.4 Å². The van der Waals surface area contributed by atoms with Crippen LogP contribution in [-0.4, -0.2) is 49.9 Å². The van der Waals surface area contributed by atoms with Crippen molar-refractivity contribution in [2.75, 3.05) is 25.0 Å². The van der Waals surface area contributed by atoms with Crippen molar-refractivity contribution in [2.45, 2.75) is 23.6 Å². The molecule has 2 N–H and O–H groups in total. The fourth-order valence-corrected chi connectivity index (χ4v) is 6.83. The zero-order valence-electron chi connectivity index (χ0n) is 16.3. The number of aromatic nitrogens is 1. The number of likely N-dealkylation sites (tertiary alicyclic amines) is 1. The van der Waals surface area contributed by atoms with Crippen molar-refractivity contribution in [1.29, 1.82) is 0 Å². The number of rotatable bonds is 7. The molecular formula is C20H21ClN4O3S2. The molecule has 0 bridgehead atoms. The molecule has 1 aliphatic rings. The number of aryl methyl sites for hydroxylation is 1. The zero-order chi connectivity index (χ0) is 21.3. The number of benzene rings is 1. The summed E-state index contributed by atoms with van der Waals surface area (Å²) in [5, 5.41) is 4.64. The van der Waals surface area contributed by atoms with E-state index < -0.39 is 16.1 Å². The number of nitrogens with one attached hydrogen (secondary N) is 2. The summed E-state index contributed by atoms with van der Waals surface area (Å²) >= 11 is 7.20. The van der Waals surface area contributed by atoms with Crippen LogP contribution in [-0.2, 0) is 14.8 Å². The number of hydrogen-bond acceptors (Lipinski definition) is 6. The first kappa shape index (κ1) is 21.0. The number of carbonyl (C=O) groups excluding carboxylic acids is 1. The van der Waals surface area contributed by atoms with Gasteiger partial charge in [0, 0.05) is 47.4 Å². The SMILES string of the molecule is Cc1c(S(=O)(=O)N[C@H]2CCN(CCNc3ccncc3)C2=O)sc2cc(Cl)ccc12. The van der Waals surface area contributed by atoms with Gasteiger partial charge in [0.15, 0.2) is 0 Å². The van der Waals surface area contributed by atoms with Gasteiger partial charge in [0.1, 0.15) is 10.3 Å². The molecule has 2 aromatic heterocycles. The third kappa shape index (κ3) is 4.29. The van der Waals surface area contributed by atoms with Crippen molar-refractivity contribution in [3.63, 3.8) is 0 Å². The Morgan fingerprint density at radius 2 is 2.03 bits per heavy atom. The van der Waals surface area contributed by atoms with Gasteiger partial charge >= 0.3 is 0 Å². The van der Waals surface area contributed by atoms with Gasteiger partial charge in [-0.25, -0.2) is 8.42 Å². The fraction of sp³-hybridized carbons (Fsp3) is 0.300. The highest BCUT2D eigenvalue weighted by molar-refractivity contribution is 7.91. The van der Waals surface area contributed by atoms with Crippen LogP contribution < -0.4 is 10.0 Å². The molecule has 30 heavy (non-hydrogen) atoms. The minimum atomic E-state index is -3.81. The summed E-state index contributed by atoms with van der Waals surface area (Å²) in [6.45, 7) is 3.37. The molecule has 1 fully saturated rings. The molecule has 1 atom stereocenters. The predicted octanol–water partition coefficient (Wildman–Crippen LogP) is 3.25. The first-order valence-electron chi connectivity index (χ1n) is 9.49. The maximum atomic E-state index is 13.0. The predicted molar refractivity (Wildman–Crippen MR) is 120 cm³/mol. The Labute approximate surface area is 184 Å². The Morgan fingerprint density at radius 3 is 2.80 bits per heavy atom. The van der Waals surface area contributed by atoms with Crippen LogP contribution in [0, 0.1) is 6.92 Å². The molecule has 158 valence electrons. The highest BCUT2D eigenvalue weighted by Crippen LogP contribution is 2.35. The van der Waals surface area contributed by atoms with Crippen LogP contribution in [0.3, 0.4) is 0 Å². The molecule has 0 aliphatic carbocycles. The summed E-state index contributed by atoms with van der Waals surface area (Å²) in [6, 6.07) is 8.27. The number of carbonyl (C=O) groups is 1. The van der Waals surface area contributed by atoms with E-state index in [4.69, 9.17) is 11.6 Å². The quantitative estimate of drug-likeness (QED) is 0.560. The second kappa shape index (κ2) is 8.50. The molecule has 4 rings (SSSR count). The second-order valence-electron chi connectivity index (χ2n) is 7.11. The highest BCUT2D eigenvalue weighted by Gasteiger charge is 2.35. The molecule has 1 aromatic carbocycles. The number of anilines is 1. The largest absolute Gasteiger partial charge is 0.383 e. The lowest BCUT2D eigenvalue weighted by Gasteiger charge is -2.18. The number of amides is 1. The number of halogens is 1. The summed E-state index contributed by atoms with van der Waals surface area (Å²) in [7, 11) is -3.81. The molecular weight excluding hydrogens is 444 g/mol. The van der Waals surface area contributed by atoms with Gasteiger partial charge < -0.3 is 10.2 Å². The number of nitrogens with zero attached hydrogens (tertiary/aromatic N) is 2. The van der Waals surface area contributed by atoms with Crippen LogP contribution in [0.2, 0.25) is 5.02 Å². The average molecular weight is 465 g/mol. The van der Waals surface area contributed by atoms with Gasteiger partial charge in [-0.2, -0.15) is 4.72 Å². The lowest BCUT2D eigenvalue weighted by molar-refractivity contribution is -0.128. The molecule has 10 heteroatoms. The van der Waals surface area contributed by atoms with Gasteiger partial charge in [-0.3, -0.25) is 9.78 Å². The van der Waals surface area contributed by atoms with Crippen molar-refractivity contribution in [1.82, 2.24) is 14.6 Å². The van der Waals surface area contributed by atoms with Gasteiger partial charge in [-0.05, 0) is 48.6 Å². The second-order valence-corrected chi connectivity index (χ2v) is 10.5. The Morgan fingerprint density at radius 1 is 1.27 bits per heavy atom. The smallest absolute Gasteiger partial charge is 0.251 e. The van der Waals surface area contributed by atoms with Crippen LogP contribution in [0.5, 0.6) is 0 Å². The van der Waals surface area contributed by atoms with Gasteiger partial charge in [0.2, 0.25) is 5.91 Å². The van der Waals surface area contributed by atoms with Crippen molar-refractivity contribution in [3.8, 4) is 0 Å². The Balaban J connectivity index is 1.41. The third-order valence-electron chi connectivity index (χ3n) is 5.09. The number of thiophene rings is 1. The van der Waals surface area contributed by atoms with E-state index in [1.807, 2.05) is 18.2 Å². The molecule has 3 aromatic rings. The fourth-order valence-electron chi connectivity index (χ4n) is 3.55. The number of fused-ring (bicyclic) bond motifs is 1. The number of sulfonamides is 1. The van der Waals surface area contributed by atoms with E-state index in [2.05, 4.69) is 15.0 Å². The van der Waals surface area contributed by atoms with Crippen LogP contribution in [0.4, 0.5) is 5.69 Å². The maximum absolute atomic E-state index is 13.0. The first-order valence-corrected chi connectivity index (χ1v) is 12.2. The summed E-state index contributed by atoms with van der Waals surface area (Å²) in [5.41, 5.74) is 1.59. The molecule has 7 nitrogen and oxygen atoms in total. The molecule has 3 heterocycles. The van der Waals surface area contributed by atoms with E-state index in [1.165, 1.54) is 11.3 Å². The summed E-state index contributed by atoms with van der Waals surface area (Å²) < 4.78 is 29.6. The number of hydrogen-bond donors (Lipinski definition) is 2. The van der Waals surface area contributed by atoms with Crippen molar-refractivity contribution in [2.24, 2.45) is 0 Å². The molecule has 0 unspecified atom stereocenters. The minimum Gasteiger partial charge on any atom is -0.383 e. The van der Waals surface area contributed by atoms with Crippen molar-refractivity contribution in [3.05, 3.63) is 53.3 Å². The number of pyridine rings is 1. The van der Waals surface area contributed by atoms with Gasteiger partial charge in [0.05, 0.1) is 0 Å². The lowest BCUT2D eigenvalue weighted by Crippen LogP contribution is -2.42. The van der Waals surface area contributed by atoms with Gasteiger partial charge in [-0.15, -0.1) is 11.3 Å². The standard InChI is InChI=1S/C20H21ClN4O3S2/c1-13-16-3-2-14(21)12-18(16)29-20(13)30(27,28)24-17-6-10-25(19(17)26)11-9-23-15-4-7-22-8-5-15/h2-5,7-8,12,17,24H,6,9-11H2,1H3,(H,22,23)/t17-/m0/s1. The third-order valence-corrected chi connectivity index (χ3v) is 8.67. The normalized spacial score (nSPS) is 17.1. The Hall–Kier alpha value is -2.20. The molecule has 1 amide bonds. The van der Waals surface area contributed by atoms with Crippen molar-refractivity contribution >= 4 is 54.6 Å². The Bertz CT molecular complexity index is 1180. The van der Waals surface area contributed by atoms with E-state index in [0.717, 1.165) is 15.8 Å². The Kier molecular flexibility index (Phi) is 5.97. The van der Waals surface area contributed by atoms with E-state index in [1.54, 1.807) is 36.4 Å². The maximum Gasteiger partial charge on any atom is 0.251 e. The van der Waals surface area contributed by atoms with E-state index in [-0.39, 0.29) is 10.1 Å². The monoisotopic (exact) mass is 464 g/mol. The van der Waals surface area contributed by atoms with E-state index in [9.17, 15) is 13.2 Å². The van der Waals surface area contributed by atoms with Crippen LogP contribution in [0.1, 0.15) is 12.0 Å². The summed E-state index contributed by atoms with van der Waals surface area (Å²) in [5.74, 6) is -0.197. The van der Waals surface area contributed by atoms with E-state index in [0.29, 0.717) is 36.6 Å². The average Bonchev–Trinajstić information content (AvgIpc) is 3.23. The zero-order valence-corrected chi connectivity index (χ0v) is 18.6. The molecule has 1 saturated heterocycles. The lowest BCUT2D eigenvalue weighted by atomic mass is 10.2. The van der Waals surface area contributed by atoms with Crippen LogP contribution >= 0.6 is 22.9 Å². The summed E-state index contributed by atoms with van der Waals surface area (Å²) in [4.78, 5) is 18.3. The summed E-state index contributed by atoms with van der Waals surface area (Å²) in [6.07, 6.45) is 3.83. The van der Waals surface area contributed by atoms with Crippen LogP contribution in [0.15, 0.2) is 46.9 Å².